The number of esters is 1. The molecule has 0 amide bonds. The molecule has 1 rings (SSSR count). The minimum atomic E-state index is -1.10. The number of hydrogen-bond acceptors (Lipinski definition) is 4. The molecule has 30 heavy (non-hydrogen) atoms. The molecule has 0 aliphatic heterocycles. The van der Waals surface area contributed by atoms with Gasteiger partial charge in [0.15, 0.2) is 0 Å². The van der Waals surface area contributed by atoms with Crippen molar-refractivity contribution in [2.45, 2.75) is 116 Å². The van der Waals surface area contributed by atoms with E-state index in [1.807, 2.05) is 0 Å². The smallest absolute Gasteiger partial charge is 0.550 e. The molecular formula is C25H43NaO4. The molecule has 168 valence electrons. The van der Waals surface area contributed by atoms with Crippen molar-refractivity contribution in [3.05, 3.63) is 12.2 Å². The number of unbranched alkanes of at least 4 members (excludes halogenated alkanes) is 11. The van der Waals surface area contributed by atoms with E-state index in [9.17, 15) is 14.7 Å². The van der Waals surface area contributed by atoms with Gasteiger partial charge in [-0.25, -0.2) is 0 Å². The zero-order chi connectivity index (χ0) is 21.2. The van der Waals surface area contributed by atoms with Gasteiger partial charge in [-0.05, 0) is 38.5 Å². The quantitative estimate of drug-likeness (QED) is 0.154. The Bertz CT molecular complexity index is 464. The van der Waals surface area contributed by atoms with Crippen molar-refractivity contribution in [2.24, 2.45) is 11.8 Å². The number of carbonyl (C=O) groups excluding carboxylic acids is 2. The molecule has 2 atom stereocenters. The molecule has 1 aliphatic carbocycles. The summed E-state index contributed by atoms with van der Waals surface area (Å²) in [5, 5.41) is 11.2. The van der Waals surface area contributed by atoms with Gasteiger partial charge in [0.25, 0.3) is 0 Å². The van der Waals surface area contributed by atoms with Crippen LogP contribution >= 0.6 is 0 Å². The average Bonchev–Trinajstić information content (AvgIpc) is 2.73. The Morgan fingerprint density at radius 1 is 0.800 bits per heavy atom. The van der Waals surface area contributed by atoms with Crippen molar-refractivity contribution in [1.82, 2.24) is 0 Å². The summed E-state index contributed by atoms with van der Waals surface area (Å²) >= 11 is 0. The summed E-state index contributed by atoms with van der Waals surface area (Å²) in [5.41, 5.74) is 0. The fraction of sp³-hybridized carbons (Fsp3) is 0.840. The number of hydrogen-bond donors (Lipinski definition) is 0. The number of ether oxygens (including phenoxy) is 1. The molecule has 0 spiro atoms. The summed E-state index contributed by atoms with van der Waals surface area (Å²) in [7, 11) is 0. The summed E-state index contributed by atoms with van der Waals surface area (Å²) in [6.07, 6.45) is 23.6. The Kier molecular flexibility index (Phi) is 20.4. The van der Waals surface area contributed by atoms with Crippen LogP contribution < -0.4 is 34.7 Å². The van der Waals surface area contributed by atoms with Gasteiger partial charge in [-0.15, -0.1) is 0 Å². The van der Waals surface area contributed by atoms with Crippen molar-refractivity contribution in [2.75, 3.05) is 6.61 Å². The molecule has 0 heterocycles. The first kappa shape index (κ1) is 29.7. The van der Waals surface area contributed by atoms with E-state index in [2.05, 4.69) is 19.1 Å². The zero-order valence-electron chi connectivity index (χ0n) is 19.7. The molecule has 0 aromatic heterocycles. The summed E-state index contributed by atoms with van der Waals surface area (Å²) in [4.78, 5) is 23.3. The minimum absolute atomic E-state index is 0. The fourth-order valence-corrected chi connectivity index (χ4v) is 4.16. The van der Waals surface area contributed by atoms with E-state index < -0.39 is 17.8 Å². The summed E-state index contributed by atoms with van der Waals surface area (Å²) in [6, 6.07) is 0. The van der Waals surface area contributed by atoms with E-state index in [1.165, 1.54) is 70.6 Å². The Balaban J connectivity index is 0.00000841. The molecule has 0 aromatic carbocycles. The van der Waals surface area contributed by atoms with Crippen LogP contribution in [0, 0.1) is 11.8 Å². The van der Waals surface area contributed by atoms with Gasteiger partial charge in [-0.3, -0.25) is 4.79 Å². The van der Waals surface area contributed by atoms with Crippen LogP contribution in [-0.4, -0.2) is 18.5 Å². The van der Waals surface area contributed by atoms with Gasteiger partial charge < -0.3 is 14.6 Å². The third-order valence-electron chi connectivity index (χ3n) is 6.00. The minimum Gasteiger partial charge on any atom is -0.550 e. The Morgan fingerprint density at radius 2 is 1.30 bits per heavy atom. The molecule has 0 saturated heterocycles. The van der Waals surface area contributed by atoms with Crippen molar-refractivity contribution in [1.29, 1.82) is 0 Å². The van der Waals surface area contributed by atoms with Crippen LogP contribution in [0.3, 0.4) is 0 Å². The molecule has 1 fully saturated rings. The van der Waals surface area contributed by atoms with Crippen LogP contribution in [0.4, 0.5) is 0 Å². The predicted molar refractivity (Wildman–Crippen MR) is 116 cm³/mol. The first-order chi connectivity index (χ1) is 14.2. The second-order valence-electron chi connectivity index (χ2n) is 8.57. The van der Waals surface area contributed by atoms with E-state index >= 15 is 0 Å². The molecule has 2 unspecified atom stereocenters. The fourth-order valence-electron chi connectivity index (χ4n) is 4.16. The third kappa shape index (κ3) is 14.6. The third-order valence-corrected chi connectivity index (χ3v) is 6.00. The number of allylic oxidation sites excluding steroid dienone is 2. The number of rotatable bonds is 17. The van der Waals surface area contributed by atoms with E-state index in [1.54, 1.807) is 0 Å². The number of aliphatic carboxylic acids is 1. The maximum Gasteiger partial charge on any atom is 1.00 e. The topological polar surface area (TPSA) is 66.4 Å². The van der Waals surface area contributed by atoms with Crippen molar-refractivity contribution in [3.8, 4) is 0 Å². The van der Waals surface area contributed by atoms with Crippen LogP contribution in [-0.2, 0) is 14.3 Å². The van der Waals surface area contributed by atoms with Gasteiger partial charge in [-0.2, -0.15) is 0 Å². The molecule has 4 nitrogen and oxygen atoms in total. The van der Waals surface area contributed by atoms with E-state index in [-0.39, 0.29) is 35.5 Å². The predicted octanol–water partition coefficient (Wildman–Crippen LogP) is 2.74. The maximum absolute atomic E-state index is 12.1. The molecule has 0 bridgehead atoms. The molecule has 0 aromatic rings. The Morgan fingerprint density at radius 3 is 1.87 bits per heavy atom. The molecular weight excluding hydrogens is 387 g/mol. The SMILES string of the molecule is CCC/C=C/CCCCCCCCCCCCOC(=O)C1CCCCC1C(=O)[O-].[Na+]. The Labute approximate surface area is 206 Å². The van der Waals surface area contributed by atoms with Crippen molar-refractivity contribution in [3.63, 3.8) is 0 Å². The monoisotopic (exact) mass is 430 g/mol. The first-order valence-corrected chi connectivity index (χ1v) is 12.2. The second-order valence-corrected chi connectivity index (χ2v) is 8.57. The standard InChI is InChI=1S/C25H44O4.Na/c1-2-3-4-5-6-7-8-9-10-11-12-13-14-15-18-21-29-25(28)23-20-17-16-19-22(23)24(26)27;/h4-5,22-23H,2-3,6-21H2,1H3,(H,26,27);/q;+1/p-1/b5-4+;. The van der Waals surface area contributed by atoms with Crippen molar-refractivity contribution >= 4 is 11.9 Å². The normalized spacial score (nSPS) is 18.8. The summed E-state index contributed by atoms with van der Waals surface area (Å²) < 4.78 is 5.34. The summed E-state index contributed by atoms with van der Waals surface area (Å²) in [5.74, 6) is -2.59. The van der Waals surface area contributed by atoms with Crippen LogP contribution in [0.1, 0.15) is 116 Å². The average molecular weight is 431 g/mol. The van der Waals surface area contributed by atoms with Crippen LogP contribution in [0.5, 0.6) is 0 Å². The first-order valence-electron chi connectivity index (χ1n) is 12.2. The second kappa shape index (κ2) is 20.6. The van der Waals surface area contributed by atoms with Crippen LogP contribution in [0.25, 0.3) is 0 Å². The van der Waals surface area contributed by atoms with Gasteiger partial charge in [0.1, 0.15) is 0 Å². The van der Waals surface area contributed by atoms with Crippen molar-refractivity contribution < 1.29 is 49.0 Å². The van der Waals surface area contributed by atoms with Crippen LogP contribution in [0.2, 0.25) is 0 Å². The summed E-state index contributed by atoms with van der Waals surface area (Å²) in [6.45, 7) is 2.63. The van der Waals surface area contributed by atoms with E-state index in [4.69, 9.17) is 4.74 Å². The van der Waals surface area contributed by atoms with Crippen LogP contribution in [0.15, 0.2) is 12.2 Å². The van der Waals surface area contributed by atoms with Gasteiger partial charge in [0, 0.05) is 11.9 Å². The number of carbonyl (C=O) groups is 2. The number of carboxylic acids is 1. The van der Waals surface area contributed by atoms with Gasteiger partial charge in [0.2, 0.25) is 0 Å². The molecule has 0 N–H and O–H groups in total. The molecule has 1 aliphatic rings. The zero-order valence-corrected chi connectivity index (χ0v) is 21.7. The molecule has 0 radical (unpaired) electrons. The molecule has 1 saturated carbocycles. The largest absolute Gasteiger partial charge is 1.00 e. The van der Waals surface area contributed by atoms with E-state index in [0.29, 0.717) is 19.4 Å². The Hall–Kier alpha value is -0.320. The van der Waals surface area contributed by atoms with E-state index in [0.717, 1.165) is 25.7 Å². The van der Waals surface area contributed by atoms with Gasteiger partial charge >= 0.3 is 35.5 Å². The van der Waals surface area contributed by atoms with Gasteiger partial charge in [0.05, 0.1) is 12.5 Å². The number of carboxylic acid groups (broad SMARTS) is 1. The van der Waals surface area contributed by atoms with Gasteiger partial charge in [-0.1, -0.05) is 89.7 Å². The molecule has 5 heteroatoms. The maximum atomic E-state index is 12.1.